The zero-order chi connectivity index (χ0) is 21.4. The summed E-state index contributed by atoms with van der Waals surface area (Å²) in [6.45, 7) is 12.3. The van der Waals surface area contributed by atoms with Crippen LogP contribution in [0.2, 0.25) is 0 Å². The Hall–Kier alpha value is -1.62. The Morgan fingerprint density at radius 2 is 1.90 bits per heavy atom. The van der Waals surface area contributed by atoms with Gasteiger partial charge in [-0.15, -0.1) is 0 Å². The van der Waals surface area contributed by atoms with Gasteiger partial charge in [-0.1, -0.05) is 38.5 Å². The number of carbonyl (C=O) groups is 2. The molecule has 2 aliphatic carbocycles. The topological polar surface area (TPSA) is 61.8 Å². The van der Waals surface area contributed by atoms with E-state index in [9.17, 15) is 9.59 Å². The summed E-state index contributed by atoms with van der Waals surface area (Å²) < 4.78 is 16.2. The average Bonchev–Trinajstić information content (AvgIpc) is 2.98. The lowest BCUT2D eigenvalue weighted by Crippen LogP contribution is -2.49. The fourth-order valence-corrected chi connectivity index (χ4v) is 5.86. The summed E-state index contributed by atoms with van der Waals surface area (Å²) in [7, 11) is 0. The third-order valence-corrected chi connectivity index (χ3v) is 7.95. The third kappa shape index (κ3) is 4.30. The summed E-state index contributed by atoms with van der Waals surface area (Å²) in [5, 5.41) is 0. The molecule has 0 unspecified atom stereocenters. The van der Waals surface area contributed by atoms with Gasteiger partial charge in [-0.2, -0.15) is 0 Å². The molecule has 162 valence electrons. The van der Waals surface area contributed by atoms with Crippen LogP contribution in [0, 0.1) is 22.7 Å². The van der Waals surface area contributed by atoms with Gasteiger partial charge in [0.25, 0.3) is 0 Å². The summed E-state index contributed by atoms with van der Waals surface area (Å²) in [6, 6.07) is 0. The van der Waals surface area contributed by atoms with E-state index in [1.54, 1.807) is 0 Å². The van der Waals surface area contributed by atoms with E-state index in [0.717, 1.165) is 18.4 Å². The van der Waals surface area contributed by atoms with Crippen LogP contribution in [0.3, 0.4) is 0 Å². The molecule has 3 aliphatic rings. The van der Waals surface area contributed by atoms with Crippen LogP contribution >= 0.6 is 0 Å². The number of rotatable bonds is 4. The van der Waals surface area contributed by atoms with Gasteiger partial charge in [0.15, 0.2) is 0 Å². The van der Waals surface area contributed by atoms with Gasteiger partial charge in [-0.3, -0.25) is 14.3 Å². The first-order chi connectivity index (χ1) is 13.6. The highest BCUT2D eigenvalue weighted by molar-refractivity contribution is 5.67. The molecule has 5 nitrogen and oxygen atoms in total. The van der Waals surface area contributed by atoms with Crippen molar-refractivity contribution in [2.45, 2.75) is 92.6 Å². The van der Waals surface area contributed by atoms with Crippen molar-refractivity contribution in [2.24, 2.45) is 22.7 Å². The van der Waals surface area contributed by atoms with Crippen LogP contribution in [0.15, 0.2) is 23.3 Å². The molecule has 0 aromatic carbocycles. The molecule has 3 rings (SSSR count). The summed E-state index contributed by atoms with van der Waals surface area (Å²) in [5.41, 5.74) is 2.86. The molecule has 0 bridgehead atoms. The Balaban J connectivity index is 1.83. The summed E-state index contributed by atoms with van der Waals surface area (Å²) in [5.74, 6) is 0.439. The first-order valence-electron chi connectivity index (χ1n) is 10.9. The highest BCUT2D eigenvalue weighted by Gasteiger charge is 2.52. The zero-order valence-electron chi connectivity index (χ0n) is 18.7. The van der Waals surface area contributed by atoms with E-state index >= 15 is 0 Å². The quantitative estimate of drug-likeness (QED) is 0.470. The average molecular weight is 405 g/mol. The molecule has 0 aromatic heterocycles. The van der Waals surface area contributed by atoms with Gasteiger partial charge < -0.3 is 9.47 Å². The fraction of sp³-hybridized carbons (Fsp3) is 0.750. The van der Waals surface area contributed by atoms with Crippen molar-refractivity contribution in [3.63, 3.8) is 0 Å². The SMILES string of the molecule is CC(=O)O[C@@H]1C/C(=C/C[C@@]2(C)[C@H](C)CC[C@@]3(C)C(C)=CCC[C@H]23)[C@@H](OC(C)=O)O1. The van der Waals surface area contributed by atoms with Crippen molar-refractivity contribution in [1.82, 2.24) is 0 Å². The highest BCUT2D eigenvalue weighted by Crippen LogP contribution is 2.61. The lowest BCUT2D eigenvalue weighted by Gasteiger charge is -2.58. The van der Waals surface area contributed by atoms with E-state index in [1.165, 1.54) is 38.7 Å². The van der Waals surface area contributed by atoms with Crippen LogP contribution in [0.25, 0.3) is 0 Å². The molecule has 1 saturated heterocycles. The van der Waals surface area contributed by atoms with Gasteiger partial charge in [-0.05, 0) is 61.7 Å². The summed E-state index contributed by atoms with van der Waals surface area (Å²) in [6.07, 6.45) is 9.36. The molecule has 2 fully saturated rings. The molecule has 0 aromatic rings. The van der Waals surface area contributed by atoms with E-state index in [-0.39, 0.29) is 10.8 Å². The molecule has 1 heterocycles. The van der Waals surface area contributed by atoms with Gasteiger partial charge in [-0.25, -0.2) is 0 Å². The monoisotopic (exact) mass is 404 g/mol. The smallest absolute Gasteiger partial charge is 0.305 e. The van der Waals surface area contributed by atoms with Crippen LogP contribution in [-0.2, 0) is 23.8 Å². The Kier molecular flexibility index (Phi) is 6.28. The van der Waals surface area contributed by atoms with E-state index in [2.05, 4.69) is 39.8 Å². The van der Waals surface area contributed by atoms with E-state index < -0.39 is 24.5 Å². The van der Waals surface area contributed by atoms with Crippen LogP contribution < -0.4 is 0 Å². The predicted octanol–water partition coefficient (Wildman–Crippen LogP) is 5.30. The molecule has 0 N–H and O–H groups in total. The molecule has 0 amide bonds. The minimum Gasteiger partial charge on any atom is -0.435 e. The molecule has 6 atom stereocenters. The van der Waals surface area contributed by atoms with Gasteiger partial charge in [0.1, 0.15) is 0 Å². The number of fused-ring (bicyclic) bond motifs is 1. The van der Waals surface area contributed by atoms with E-state index in [1.807, 2.05) is 0 Å². The summed E-state index contributed by atoms with van der Waals surface area (Å²) in [4.78, 5) is 22.8. The summed E-state index contributed by atoms with van der Waals surface area (Å²) >= 11 is 0. The van der Waals surface area contributed by atoms with Crippen LogP contribution in [0.1, 0.15) is 80.1 Å². The number of hydrogen-bond acceptors (Lipinski definition) is 5. The second-order valence-electron chi connectivity index (χ2n) is 9.68. The van der Waals surface area contributed by atoms with E-state index in [0.29, 0.717) is 18.3 Å². The Bertz CT molecular complexity index is 723. The van der Waals surface area contributed by atoms with Crippen LogP contribution in [-0.4, -0.2) is 24.5 Å². The van der Waals surface area contributed by atoms with Crippen molar-refractivity contribution in [2.75, 3.05) is 0 Å². The van der Waals surface area contributed by atoms with Gasteiger partial charge >= 0.3 is 11.9 Å². The Morgan fingerprint density at radius 3 is 2.55 bits per heavy atom. The first-order valence-corrected chi connectivity index (χ1v) is 10.9. The molecule has 1 aliphatic heterocycles. The van der Waals surface area contributed by atoms with Gasteiger partial charge in [0, 0.05) is 25.8 Å². The predicted molar refractivity (Wildman–Crippen MR) is 111 cm³/mol. The normalized spacial score (nSPS) is 40.9. The number of carbonyl (C=O) groups excluding carboxylic acids is 2. The number of ether oxygens (including phenoxy) is 3. The van der Waals surface area contributed by atoms with Crippen molar-refractivity contribution in [3.8, 4) is 0 Å². The van der Waals surface area contributed by atoms with Crippen molar-refractivity contribution < 1.29 is 23.8 Å². The second-order valence-corrected chi connectivity index (χ2v) is 9.68. The Labute approximate surface area is 174 Å². The minimum atomic E-state index is -0.765. The minimum absolute atomic E-state index is 0.163. The van der Waals surface area contributed by atoms with Crippen molar-refractivity contribution >= 4 is 11.9 Å². The molecular weight excluding hydrogens is 368 g/mol. The fourth-order valence-electron chi connectivity index (χ4n) is 5.86. The number of esters is 2. The third-order valence-electron chi connectivity index (χ3n) is 7.95. The number of allylic oxidation sites excluding steroid dienone is 3. The molecule has 1 saturated carbocycles. The number of hydrogen-bond donors (Lipinski definition) is 0. The van der Waals surface area contributed by atoms with Gasteiger partial charge in [0.05, 0.1) is 0 Å². The van der Waals surface area contributed by atoms with E-state index in [4.69, 9.17) is 14.2 Å². The maximum Gasteiger partial charge on any atom is 0.305 e. The molecule has 5 heteroatoms. The Morgan fingerprint density at radius 1 is 1.21 bits per heavy atom. The second kappa shape index (κ2) is 8.25. The van der Waals surface area contributed by atoms with Crippen molar-refractivity contribution in [1.29, 1.82) is 0 Å². The maximum atomic E-state index is 11.5. The lowest BCUT2D eigenvalue weighted by atomic mass is 9.47. The highest BCUT2D eigenvalue weighted by atomic mass is 16.8. The standard InChI is InChI=1S/C24H36O5/c1-15-8-7-9-20-23(15,5)12-10-16(2)24(20,6)13-11-19-14-21(27-17(3)25)29-22(19)28-18(4)26/h8,11,16,20-22H,7,9-10,12-14H2,1-6H3/b19-11-/t16-,20+,21+,22+,23+,24+/m1/s1. The van der Waals surface area contributed by atoms with Gasteiger partial charge in [0.2, 0.25) is 12.6 Å². The zero-order valence-corrected chi connectivity index (χ0v) is 18.7. The van der Waals surface area contributed by atoms with Crippen molar-refractivity contribution in [3.05, 3.63) is 23.3 Å². The maximum absolute atomic E-state index is 11.5. The molecule has 0 radical (unpaired) electrons. The largest absolute Gasteiger partial charge is 0.435 e. The van der Waals surface area contributed by atoms with Crippen LogP contribution in [0.4, 0.5) is 0 Å². The molecule has 29 heavy (non-hydrogen) atoms. The first kappa shape index (κ1) is 22.1. The molecular formula is C24H36O5. The van der Waals surface area contributed by atoms with Crippen LogP contribution in [0.5, 0.6) is 0 Å². The lowest BCUT2D eigenvalue weighted by molar-refractivity contribution is -0.204. The molecule has 0 spiro atoms.